The Morgan fingerprint density at radius 2 is 0.975 bits per heavy atom. The number of carbonyl (C=O) groups is 3. The standard InChI is InChI=1S/C18H21FN6O.C17H16F4N6O.C17H17F3N6O.6H2/c1-5-25(4)17(26)18(2,3)24-16-13(19)10-22-15(23-16)12-9-21-14-11(12)7-6-8-20-14;1-9(16(28)27(2)8-17(19,20)21)25-15-12(18)7-24-14(26-15)11-6-23-13-10(11)4-3-5-22-13;1-10(16(27)26(2)9-17(18,19)20)24-13-5-7-22-15(25-13)12-8-23-14-11(12)4-3-6-21-14;;;;;;/h6-10H,5H2,1-4H3,(H,20,21)(H,22,23,24);3-7,9H,8H2,1-2H3,(H,22,23)(H,24,25,26);3-8,10H,9H2,1-2H3,(H,21,23)(H,22,24,25);6*1H/t;9-;10-;;;;;;/m.11....../s1. The fraction of sp³-hybridized carbons (Fsp3) is 0.308. The van der Waals surface area contributed by atoms with E-state index in [-0.39, 0.29) is 31.9 Å². The van der Waals surface area contributed by atoms with Gasteiger partial charge < -0.3 is 45.6 Å². The van der Waals surface area contributed by atoms with Gasteiger partial charge in [-0.05, 0) is 77.1 Å². The number of halogens is 8. The highest BCUT2D eigenvalue weighted by Crippen LogP contribution is 2.30. The number of rotatable bonds is 15. The predicted octanol–water partition coefficient (Wildman–Crippen LogP) is 10.1. The molecular formula is C52H66F8N18O3. The summed E-state index contributed by atoms with van der Waals surface area (Å²) in [6.07, 6.45) is 4.57. The molecule has 9 aromatic rings. The number of aromatic nitrogens is 12. The van der Waals surface area contributed by atoms with Crippen LogP contribution in [-0.4, -0.2) is 163 Å². The molecule has 0 fully saturated rings. The number of amides is 3. The van der Waals surface area contributed by atoms with Crippen LogP contribution in [0.4, 0.5) is 52.6 Å². The van der Waals surface area contributed by atoms with Gasteiger partial charge in [0, 0.05) is 112 Å². The van der Waals surface area contributed by atoms with E-state index >= 15 is 0 Å². The van der Waals surface area contributed by atoms with Gasteiger partial charge in [0.05, 0.1) is 12.4 Å². The highest BCUT2D eigenvalue weighted by atomic mass is 19.4. The van der Waals surface area contributed by atoms with Crippen molar-refractivity contribution >= 4 is 68.3 Å². The van der Waals surface area contributed by atoms with Crippen LogP contribution in [0.2, 0.25) is 0 Å². The topological polar surface area (TPSA) is 260 Å². The van der Waals surface area contributed by atoms with Crippen LogP contribution in [0.3, 0.4) is 0 Å². The van der Waals surface area contributed by atoms with Crippen LogP contribution in [-0.2, 0) is 14.4 Å². The molecule has 0 unspecified atom stereocenters. The van der Waals surface area contributed by atoms with Crippen LogP contribution in [0.1, 0.15) is 43.2 Å². The average molecular weight is 1140 g/mol. The Bertz CT molecular complexity index is 3690. The third-order valence-corrected chi connectivity index (χ3v) is 12.1. The Morgan fingerprint density at radius 3 is 1.41 bits per heavy atom. The second-order valence-corrected chi connectivity index (χ2v) is 18.8. The maximum Gasteiger partial charge on any atom is 0.406 e. The van der Waals surface area contributed by atoms with Crippen LogP contribution in [0.15, 0.2) is 98.2 Å². The number of pyridine rings is 3. The zero-order valence-electron chi connectivity index (χ0n) is 44.6. The normalized spacial score (nSPS) is 12.4. The Hall–Kier alpha value is -9.44. The summed E-state index contributed by atoms with van der Waals surface area (Å²) in [6, 6.07) is 10.4. The van der Waals surface area contributed by atoms with Gasteiger partial charge in [-0.2, -0.15) is 26.3 Å². The number of aromatic amines is 3. The second-order valence-electron chi connectivity index (χ2n) is 18.8. The van der Waals surface area contributed by atoms with E-state index in [1.807, 2.05) is 25.1 Å². The second kappa shape index (κ2) is 24.7. The van der Waals surface area contributed by atoms with Crippen LogP contribution in [0.5, 0.6) is 0 Å². The molecule has 0 bridgehead atoms. The first-order chi connectivity index (χ1) is 38.2. The van der Waals surface area contributed by atoms with E-state index in [0.29, 0.717) is 67.3 Å². The molecular weight excluding hydrogens is 1080 g/mol. The number of nitrogens with one attached hydrogen (secondary N) is 6. The number of likely N-dealkylation sites (N-methyl/N-ethyl adjacent to an activating group) is 3. The van der Waals surface area contributed by atoms with E-state index in [9.17, 15) is 49.5 Å². The zero-order valence-corrected chi connectivity index (χ0v) is 44.6. The molecule has 29 heteroatoms. The number of nitrogens with zero attached hydrogens (tertiary/aromatic N) is 12. The molecule has 9 heterocycles. The third-order valence-electron chi connectivity index (χ3n) is 12.1. The number of alkyl halides is 6. The smallest absolute Gasteiger partial charge is 0.359 e. The summed E-state index contributed by atoms with van der Waals surface area (Å²) in [7, 11) is 3.83. The molecule has 0 aliphatic heterocycles. The van der Waals surface area contributed by atoms with Gasteiger partial charge in [0.2, 0.25) is 17.7 Å². The fourth-order valence-corrected chi connectivity index (χ4v) is 8.05. The highest BCUT2D eigenvalue weighted by Gasteiger charge is 2.35. The molecule has 9 rings (SSSR count). The van der Waals surface area contributed by atoms with Crippen molar-refractivity contribution in [2.75, 3.05) is 56.7 Å². The summed E-state index contributed by atoms with van der Waals surface area (Å²) >= 11 is 0. The zero-order chi connectivity index (χ0) is 59.0. The monoisotopic (exact) mass is 1140 g/mol. The molecule has 9 aromatic heterocycles. The van der Waals surface area contributed by atoms with Gasteiger partial charge in [-0.3, -0.25) is 14.4 Å². The summed E-state index contributed by atoms with van der Waals surface area (Å²) in [5.74, 6) is -2.20. The van der Waals surface area contributed by atoms with Crippen molar-refractivity contribution < 1.29 is 58.1 Å². The first kappa shape index (κ1) is 59.2. The Balaban J connectivity index is 0.000000631. The number of hydrogen-bond acceptors (Lipinski definition) is 15. The van der Waals surface area contributed by atoms with E-state index in [1.54, 1.807) is 87.2 Å². The summed E-state index contributed by atoms with van der Waals surface area (Å²) in [5.41, 5.74) is 2.98. The summed E-state index contributed by atoms with van der Waals surface area (Å²) < 4.78 is 103. The molecule has 0 saturated heterocycles. The van der Waals surface area contributed by atoms with Crippen molar-refractivity contribution in [1.29, 1.82) is 0 Å². The minimum absolute atomic E-state index is 0. The Kier molecular flexibility index (Phi) is 18.1. The number of anilines is 3. The Morgan fingerprint density at radius 1 is 0.568 bits per heavy atom. The van der Waals surface area contributed by atoms with Gasteiger partial charge >= 0.3 is 12.4 Å². The molecule has 0 radical (unpaired) electrons. The fourth-order valence-electron chi connectivity index (χ4n) is 8.05. The average Bonchev–Trinajstić information content (AvgIpc) is 1.97. The summed E-state index contributed by atoms with van der Waals surface area (Å²) in [6.45, 7) is 5.91. The van der Waals surface area contributed by atoms with E-state index in [0.717, 1.165) is 42.8 Å². The van der Waals surface area contributed by atoms with Crippen molar-refractivity contribution in [3.05, 3.63) is 110 Å². The molecule has 6 N–H and O–H groups in total. The number of carbonyl (C=O) groups excluding carboxylic acids is 3. The largest absolute Gasteiger partial charge is 0.406 e. The maximum atomic E-state index is 14.3. The number of hydrogen-bond donors (Lipinski definition) is 6. The van der Waals surface area contributed by atoms with Gasteiger partial charge in [-0.25, -0.2) is 53.6 Å². The molecule has 21 nitrogen and oxygen atoms in total. The first-order valence-electron chi connectivity index (χ1n) is 24.6. The summed E-state index contributed by atoms with van der Waals surface area (Å²) in [4.78, 5) is 86.0. The molecule has 0 aromatic carbocycles. The van der Waals surface area contributed by atoms with Crippen molar-refractivity contribution in [2.24, 2.45) is 0 Å². The van der Waals surface area contributed by atoms with Gasteiger partial charge in [0.25, 0.3) is 0 Å². The lowest BCUT2D eigenvalue weighted by Crippen LogP contribution is -2.48. The Labute approximate surface area is 465 Å². The third kappa shape index (κ3) is 14.8. The predicted molar refractivity (Wildman–Crippen MR) is 299 cm³/mol. The van der Waals surface area contributed by atoms with Gasteiger partial charge in [0.15, 0.2) is 40.7 Å². The van der Waals surface area contributed by atoms with Crippen LogP contribution in [0.25, 0.3) is 67.3 Å². The maximum absolute atomic E-state index is 14.3. The quantitative estimate of drug-likeness (QED) is 0.0522. The van der Waals surface area contributed by atoms with Crippen molar-refractivity contribution in [3.8, 4) is 34.2 Å². The highest BCUT2D eigenvalue weighted by molar-refractivity contribution is 5.94. The van der Waals surface area contributed by atoms with E-state index < -0.39 is 66.5 Å². The van der Waals surface area contributed by atoms with E-state index in [1.165, 1.54) is 20.0 Å². The lowest BCUT2D eigenvalue weighted by molar-refractivity contribution is -0.158. The molecule has 0 aliphatic rings. The molecule has 0 saturated carbocycles. The van der Waals surface area contributed by atoms with Gasteiger partial charge in [0.1, 0.15) is 53.5 Å². The minimum Gasteiger partial charge on any atom is -0.359 e. The van der Waals surface area contributed by atoms with Crippen LogP contribution >= 0.6 is 0 Å². The lowest BCUT2D eigenvalue weighted by atomic mass is 10.0. The van der Waals surface area contributed by atoms with E-state index in [4.69, 9.17) is 0 Å². The first-order valence-corrected chi connectivity index (χ1v) is 24.6. The lowest BCUT2D eigenvalue weighted by Gasteiger charge is -2.30. The van der Waals surface area contributed by atoms with Crippen LogP contribution in [0, 0.1) is 11.6 Å². The van der Waals surface area contributed by atoms with Crippen molar-refractivity contribution in [3.63, 3.8) is 0 Å². The van der Waals surface area contributed by atoms with Crippen molar-refractivity contribution in [1.82, 2.24) is 74.5 Å². The summed E-state index contributed by atoms with van der Waals surface area (Å²) in [5, 5.41) is 10.6. The van der Waals surface area contributed by atoms with Gasteiger partial charge in [-0.1, -0.05) is 0 Å². The molecule has 0 aliphatic carbocycles. The molecule has 0 spiro atoms. The van der Waals surface area contributed by atoms with Crippen molar-refractivity contribution in [2.45, 2.75) is 64.6 Å². The minimum atomic E-state index is -4.53. The van der Waals surface area contributed by atoms with Crippen LogP contribution < -0.4 is 16.0 Å². The molecule has 438 valence electrons. The molecule has 2 atom stereocenters. The number of H-pyrrole nitrogens is 3. The van der Waals surface area contributed by atoms with E-state index in [2.05, 4.69) is 75.8 Å². The molecule has 3 amide bonds. The van der Waals surface area contributed by atoms with Gasteiger partial charge in [-0.15, -0.1) is 0 Å². The SMILES string of the molecule is CCN(C)C(=O)C(C)(C)Nc1nc(-c2c[nH]c3ncccc23)ncc1F.C[C@@H](Nc1ccnc(-c2c[nH]c3ncccc23)n1)C(=O)N(C)CC(F)(F)F.C[C@@H](Nc1nc(-c2c[nH]c3ncccc23)ncc1F)C(=O)N(C)CC(F)(F)F.[HH].[HH].[HH].[HH].[HH].[HH]. The molecule has 81 heavy (non-hydrogen) atoms. The number of fused-ring (bicyclic) bond motifs is 3.